The number of nitrogens with zero attached hydrogens (tertiary/aromatic N) is 6. The average Bonchev–Trinajstić information content (AvgIpc) is 2.84. The number of morpholine rings is 1. The van der Waals surface area contributed by atoms with Gasteiger partial charge in [-0.2, -0.15) is 0 Å². The lowest BCUT2D eigenvalue weighted by molar-refractivity contribution is 0.0741. The maximum absolute atomic E-state index is 12.9. The van der Waals surface area contributed by atoms with Crippen molar-refractivity contribution < 1.29 is 9.53 Å². The molecule has 4 heterocycles. The number of carbonyl (C=O) groups is 1. The minimum absolute atomic E-state index is 0.0193. The van der Waals surface area contributed by atoms with E-state index in [0.29, 0.717) is 18.8 Å². The zero-order chi connectivity index (χ0) is 20.3. The molecule has 2 saturated heterocycles. The molecule has 0 radical (unpaired) electrons. The second-order valence-electron chi connectivity index (χ2n) is 7.52. The van der Waals surface area contributed by atoms with Crippen LogP contribution in [-0.2, 0) is 4.74 Å². The van der Waals surface area contributed by atoms with Gasteiger partial charge in [0.05, 0.1) is 18.7 Å². The third-order valence-corrected chi connectivity index (χ3v) is 5.68. The Kier molecular flexibility index (Phi) is 5.15. The number of piperazine rings is 1. The standard InChI is InChI=1S/C22H24N6O2/c29-22(19-6-5-17-3-1-2-4-18(17)23-19)28-11-9-26(10-12-28)20-7-8-21(25-24-20)27-13-15-30-16-14-27/h1-8H,9-16H2. The fraction of sp³-hybridized carbons (Fsp3) is 0.364. The Hall–Kier alpha value is -3.26. The maximum atomic E-state index is 12.9. The first-order valence-electron chi connectivity index (χ1n) is 10.3. The van der Waals surface area contributed by atoms with Crippen molar-refractivity contribution in [3.8, 4) is 0 Å². The van der Waals surface area contributed by atoms with Crippen molar-refractivity contribution in [1.29, 1.82) is 0 Å². The molecule has 0 saturated carbocycles. The van der Waals surface area contributed by atoms with E-state index in [9.17, 15) is 4.79 Å². The van der Waals surface area contributed by atoms with Crippen LogP contribution in [0, 0.1) is 0 Å². The van der Waals surface area contributed by atoms with Crippen LogP contribution in [0.1, 0.15) is 10.5 Å². The lowest BCUT2D eigenvalue weighted by atomic mass is 10.2. The van der Waals surface area contributed by atoms with Gasteiger partial charge in [-0.25, -0.2) is 4.98 Å². The molecule has 0 atom stereocenters. The SMILES string of the molecule is O=C(c1ccc2ccccc2n1)N1CCN(c2ccc(N3CCOCC3)nn2)CC1. The highest BCUT2D eigenvalue weighted by Gasteiger charge is 2.24. The van der Waals surface area contributed by atoms with Gasteiger partial charge in [0.2, 0.25) is 0 Å². The molecule has 2 aliphatic heterocycles. The molecule has 5 rings (SSSR count). The largest absolute Gasteiger partial charge is 0.378 e. The first-order chi connectivity index (χ1) is 14.8. The zero-order valence-corrected chi connectivity index (χ0v) is 16.8. The first kappa shape index (κ1) is 18.7. The highest BCUT2D eigenvalue weighted by Crippen LogP contribution is 2.19. The Bertz CT molecular complexity index is 1030. The van der Waals surface area contributed by atoms with Gasteiger partial charge >= 0.3 is 0 Å². The third-order valence-electron chi connectivity index (χ3n) is 5.68. The minimum Gasteiger partial charge on any atom is -0.378 e. The number of hydrogen-bond donors (Lipinski definition) is 0. The van der Waals surface area contributed by atoms with Crippen molar-refractivity contribution in [2.45, 2.75) is 0 Å². The molecule has 2 fully saturated rings. The lowest BCUT2D eigenvalue weighted by Crippen LogP contribution is -2.49. The van der Waals surface area contributed by atoms with Crippen molar-refractivity contribution in [3.63, 3.8) is 0 Å². The van der Waals surface area contributed by atoms with Gasteiger partial charge in [0.25, 0.3) is 5.91 Å². The van der Waals surface area contributed by atoms with E-state index < -0.39 is 0 Å². The van der Waals surface area contributed by atoms with E-state index in [-0.39, 0.29) is 5.91 Å². The molecule has 0 spiro atoms. The molecule has 1 aromatic carbocycles. The number of fused-ring (bicyclic) bond motifs is 1. The normalized spacial score (nSPS) is 17.4. The summed E-state index contributed by atoms with van der Waals surface area (Å²) in [6, 6.07) is 15.6. The molecule has 1 amide bonds. The smallest absolute Gasteiger partial charge is 0.272 e. The molecule has 2 aromatic heterocycles. The molecule has 8 nitrogen and oxygen atoms in total. The van der Waals surface area contributed by atoms with Crippen LogP contribution in [-0.4, -0.2) is 78.5 Å². The van der Waals surface area contributed by atoms with E-state index in [2.05, 4.69) is 25.0 Å². The van der Waals surface area contributed by atoms with Crippen molar-refractivity contribution in [2.24, 2.45) is 0 Å². The molecular weight excluding hydrogens is 380 g/mol. The second kappa shape index (κ2) is 8.23. The molecule has 3 aromatic rings. The molecule has 2 aliphatic rings. The zero-order valence-electron chi connectivity index (χ0n) is 16.8. The quantitative estimate of drug-likeness (QED) is 0.659. The van der Waals surface area contributed by atoms with Gasteiger partial charge in [-0.1, -0.05) is 24.3 Å². The number of carbonyl (C=O) groups excluding carboxylic acids is 1. The summed E-state index contributed by atoms with van der Waals surface area (Å²) < 4.78 is 5.39. The Morgan fingerprint density at radius 1 is 0.767 bits per heavy atom. The van der Waals surface area contributed by atoms with Crippen LogP contribution < -0.4 is 9.80 Å². The summed E-state index contributed by atoms with van der Waals surface area (Å²) in [6.45, 7) is 5.88. The van der Waals surface area contributed by atoms with Gasteiger partial charge in [-0.3, -0.25) is 4.79 Å². The van der Waals surface area contributed by atoms with Crippen LogP contribution in [0.15, 0.2) is 48.5 Å². The number of ether oxygens (including phenoxy) is 1. The number of aromatic nitrogens is 3. The van der Waals surface area contributed by atoms with Gasteiger partial charge in [0.1, 0.15) is 5.69 Å². The fourth-order valence-electron chi connectivity index (χ4n) is 3.93. The highest BCUT2D eigenvalue weighted by molar-refractivity contribution is 5.95. The Balaban J connectivity index is 1.21. The highest BCUT2D eigenvalue weighted by atomic mass is 16.5. The summed E-state index contributed by atoms with van der Waals surface area (Å²) in [4.78, 5) is 23.7. The van der Waals surface area contributed by atoms with Gasteiger partial charge in [-0.15, -0.1) is 10.2 Å². The van der Waals surface area contributed by atoms with Crippen molar-refractivity contribution in [3.05, 3.63) is 54.2 Å². The summed E-state index contributed by atoms with van der Waals surface area (Å²) in [7, 11) is 0. The number of anilines is 2. The Morgan fingerprint density at radius 3 is 2.13 bits per heavy atom. The number of para-hydroxylation sites is 1. The van der Waals surface area contributed by atoms with Gasteiger partial charge in [0.15, 0.2) is 11.6 Å². The molecule has 0 unspecified atom stereocenters. The Morgan fingerprint density at radius 2 is 1.43 bits per heavy atom. The molecule has 0 N–H and O–H groups in total. The van der Waals surface area contributed by atoms with Crippen LogP contribution in [0.25, 0.3) is 10.9 Å². The second-order valence-corrected chi connectivity index (χ2v) is 7.52. The number of pyridine rings is 1. The molecule has 154 valence electrons. The summed E-state index contributed by atoms with van der Waals surface area (Å²) >= 11 is 0. The Labute approximate surface area is 175 Å². The van der Waals surface area contributed by atoms with E-state index >= 15 is 0 Å². The monoisotopic (exact) mass is 404 g/mol. The number of rotatable bonds is 3. The molecule has 8 heteroatoms. The van der Waals surface area contributed by atoms with E-state index in [1.807, 2.05) is 53.4 Å². The van der Waals surface area contributed by atoms with Crippen LogP contribution in [0.3, 0.4) is 0 Å². The van der Waals surface area contributed by atoms with E-state index in [1.54, 1.807) is 0 Å². The summed E-state index contributed by atoms with van der Waals surface area (Å²) in [5, 5.41) is 9.85. The fourth-order valence-corrected chi connectivity index (χ4v) is 3.93. The van der Waals surface area contributed by atoms with E-state index in [0.717, 1.165) is 61.9 Å². The van der Waals surface area contributed by atoms with Crippen molar-refractivity contribution in [1.82, 2.24) is 20.1 Å². The molecule has 0 bridgehead atoms. The van der Waals surface area contributed by atoms with Crippen LogP contribution >= 0.6 is 0 Å². The predicted molar refractivity (Wildman–Crippen MR) is 115 cm³/mol. The van der Waals surface area contributed by atoms with Gasteiger partial charge in [0, 0.05) is 44.7 Å². The first-order valence-corrected chi connectivity index (χ1v) is 10.3. The predicted octanol–water partition coefficient (Wildman–Crippen LogP) is 1.82. The molecular formula is C22H24N6O2. The van der Waals surface area contributed by atoms with Crippen LogP contribution in [0.2, 0.25) is 0 Å². The minimum atomic E-state index is -0.0193. The lowest BCUT2D eigenvalue weighted by Gasteiger charge is -2.35. The maximum Gasteiger partial charge on any atom is 0.272 e. The number of benzene rings is 1. The van der Waals surface area contributed by atoms with Crippen molar-refractivity contribution in [2.75, 3.05) is 62.3 Å². The van der Waals surface area contributed by atoms with E-state index in [4.69, 9.17) is 4.74 Å². The number of amides is 1. The van der Waals surface area contributed by atoms with Gasteiger partial charge < -0.3 is 19.4 Å². The summed E-state index contributed by atoms with van der Waals surface area (Å²) in [5.41, 5.74) is 1.34. The third kappa shape index (κ3) is 3.78. The summed E-state index contributed by atoms with van der Waals surface area (Å²) in [6.07, 6.45) is 0. The topological polar surface area (TPSA) is 74.7 Å². The number of hydrogen-bond acceptors (Lipinski definition) is 7. The van der Waals surface area contributed by atoms with Gasteiger partial charge in [-0.05, 0) is 24.3 Å². The molecule has 0 aliphatic carbocycles. The molecule has 30 heavy (non-hydrogen) atoms. The van der Waals surface area contributed by atoms with Crippen LogP contribution in [0.4, 0.5) is 11.6 Å². The van der Waals surface area contributed by atoms with E-state index in [1.165, 1.54) is 0 Å². The average molecular weight is 404 g/mol. The summed E-state index contributed by atoms with van der Waals surface area (Å²) in [5.74, 6) is 1.72. The van der Waals surface area contributed by atoms with Crippen LogP contribution in [0.5, 0.6) is 0 Å². The van der Waals surface area contributed by atoms with Crippen molar-refractivity contribution >= 4 is 28.4 Å².